The number of hydrogen-bond acceptors (Lipinski definition) is 3. The van der Waals surface area contributed by atoms with E-state index in [2.05, 4.69) is 6.92 Å². The summed E-state index contributed by atoms with van der Waals surface area (Å²) in [6, 6.07) is 16.9. The molecule has 3 aromatic rings. The van der Waals surface area contributed by atoms with Gasteiger partial charge in [0.2, 0.25) is 0 Å². The van der Waals surface area contributed by atoms with Crippen LogP contribution in [0.1, 0.15) is 62.1 Å². The lowest BCUT2D eigenvalue weighted by molar-refractivity contribution is -0.139. The molecule has 1 heterocycles. The van der Waals surface area contributed by atoms with Crippen LogP contribution in [0, 0.1) is 5.82 Å². The van der Waals surface area contributed by atoms with E-state index in [-0.39, 0.29) is 28.7 Å². The van der Waals surface area contributed by atoms with Crippen LogP contribution in [0.25, 0.3) is 17.2 Å². The second-order valence-corrected chi connectivity index (χ2v) is 9.62. The number of alkyl halides is 3. The van der Waals surface area contributed by atoms with Gasteiger partial charge in [0.25, 0.3) is 0 Å². The van der Waals surface area contributed by atoms with Crippen molar-refractivity contribution >= 4 is 6.08 Å². The van der Waals surface area contributed by atoms with Gasteiger partial charge in [-0.1, -0.05) is 61.9 Å². The third-order valence-corrected chi connectivity index (χ3v) is 6.85. The predicted molar refractivity (Wildman–Crippen MR) is 146 cm³/mol. The maximum absolute atomic E-state index is 15.2. The lowest BCUT2D eigenvalue weighted by Gasteiger charge is -2.28. The molecule has 1 saturated heterocycles. The number of ether oxygens (including phenoxy) is 3. The van der Waals surface area contributed by atoms with Crippen molar-refractivity contribution in [3.8, 4) is 22.6 Å². The number of unbranched alkanes of at least 4 members (excludes halogenated alkanes) is 1. The SMILES string of the molecule is CCCCOc1ccc(C2CCC(/C=C/c3ccc(-c4ccc(OCC)cc4)c(C(F)(F)F)c3F)OC2)cc1. The summed E-state index contributed by atoms with van der Waals surface area (Å²) in [7, 11) is 0. The Kier molecular flexibility index (Phi) is 9.68. The molecule has 0 radical (unpaired) electrons. The fourth-order valence-electron chi connectivity index (χ4n) is 4.70. The van der Waals surface area contributed by atoms with Gasteiger partial charge in [-0.15, -0.1) is 0 Å². The van der Waals surface area contributed by atoms with E-state index in [0.29, 0.717) is 32.0 Å². The monoisotopic (exact) mass is 542 g/mol. The molecule has 0 amide bonds. The van der Waals surface area contributed by atoms with E-state index in [0.717, 1.165) is 30.6 Å². The van der Waals surface area contributed by atoms with Crippen LogP contribution in [-0.2, 0) is 10.9 Å². The molecule has 2 unspecified atom stereocenters. The summed E-state index contributed by atoms with van der Waals surface area (Å²) < 4.78 is 74.1. The minimum atomic E-state index is -4.85. The highest BCUT2D eigenvalue weighted by Crippen LogP contribution is 2.41. The topological polar surface area (TPSA) is 27.7 Å². The molecule has 3 nitrogen and oxygen atoms in total. The van der Waals surface area contributed by atoms with E-state index in [1.807, 2.05) is 31.2 Å². The highest BCUT2D eigenvalue weighted by molar-refractivity contribution is 5.71. The molecule has 4 rings (SSSR count). The summed E-state index contributed by atoms with van der Waals surface area (Å²) in [5.74, 6) is 0.318. The first-order chi connectivity index (χ1) is 18.8. The standard InChI is InChI=1S/C32H34F4O3/c1-3-5-20-38-27-13-6-22(7-14-27)25-11-18-28(39-21-25)17-10-24-12-19-29(30(31(24)33)32(34,35)36)23-8-15-26(16-9-23)37-4-2/h6-10,12-17,19,25,28H,3-5,11,18,20-21H2,1-2H3/b17-10+. The van der Waals surface area contributed by atoms with Crippen LogP contribution in [-0.4, -0.2) is 25.9 Å². The molecule has 2 atom stereocenters. The van der Waals surface area contributed by atoms with Crippen LogP contribution in [0.5, 0.6) is 11.5 Å². The Balaban J connectivity index is 1.43. The van der Waals surface area contributed by atoms with Crippen LogP contribution < -0.4 is 9.47 Å². The molecule has 7 heteroatoms. The normalized spacial score (nSPS) is 17.9. The van der Waals surface area contributed by atoms with E-state index in [4.69, 9.17) is 14.2 Å². The second-order valence-electron chi connectivity index (χ2n) is 9.62. The number of rotatable bonds is 10. The Labute approximate surface area is 227 Å². The maximum Gasteiger partial charge on any atom is 0.419 e. The van der Waals surface area contributed by atoms with Crippen molar-refractivity contribution in [2.45, 2.75) is 57.7 Å². The quantitative estimate of drug-likeness (QED) is 0.189. The van der Waals surface area contributed by atoms with E-state index < -0.39 is 17.6 Å². The predicted octanol–water partition coefficient (Wildman–Crippen LogP) is 9.07. The van der Waals surface area contributed by atoms with Crippen molar-refractivity contribution in [1.29, 1.82) is 0 Å². The maximum atomic E-state index is 15.2. The Morgan fingerprint density at radius 2 is 1.59 bits per heavy atom. The van der Waals surface area contributed by atoms with E-state index in [9.17, 15) is 13.2 Å². The molecule has 1 aliphatic heterocycles. The van der Waals surface area contributed by atoms with Gasteiger partial charge in [0.05, 0.1) is 31.5 Å². The second kappa shape index (κ2) is 13.2. The van der Waals surface area contributed by atoms with Crippen LogP contribution in [0.2, 0.25) is 0 Å². The summed E-state index contributed by atoms with van der Waals surface area (Å²) in [5.41, 5.74) is -0.186. The first kappa shape index (κ1) is 28.7. The summed E-state index contributed by atoms with van der Waals surface area (Å²) in [6.45, 7) is 5.56. The van der Waals surface area contributed by atoms with Crippen LogP contribution >= 0.6 is 0 Å². The lowest BCUT2D eigenvalue weighted by atomic mass is 9.91. The Morgan fingerprint density at radius 3 is 2.21 bits per heavy atom. The molecule has 0 N–H and O–H groups in total. The van der Waals surface area contributed by atoms with Gasteiger partial charge in [0.1, 0.15) is 17.3 Å². The minimum Gasteiger partial charge on any atom is -0.494 e. The van der Waals surface area contributed by atoms with Gasteiger partial charge in [-0.25, -0.2) is 4.39 Å². The molecule has 0 aromatic heterocycles. The van der Waals surface area contributed by atoms with Gasteiger partial charge in [-0.2, -0.15) is 13.2 Å². The fourth-order valence-corrected chi connectivity index (χ4v) is 4.70. The van der Waals surface area contributed by atoms with Crippen molar-refractivity contribution in [3.63, 3.8) is 0 Å². The van der Waals surface area contributed by atoms with Crippen molar-refractivity contribution in [2.24, 2.45) is 0 Å². The molecular formula is C32H34F4O3. The van der Waals surface area contributed by atoms with Gasteiger partial charge >= 0.3 is 6.18 Å². The fraction of sp³-hybridized carbons (Fsp3) is 0.375. The number of halogens is 4. The minimum absolute atomic E-state index is 0.124. The largest absolute Gasteiger partial charge is 0.494 e. The van der Waals surface area contributed by atoms with Crippen LogP contribution in [0.3, 0.4) is 0 Å². The van der Waals surface area contributed by atoms with Gasteiger partial charge in [-0.3, -0.25) is 0 Å². The van der Waals surface area contributed by atoms with Gasteiger partial charge in [0, 0.05) is 11.5 Å². The summed E-state index contributed by atoms with van der Waals surface area (Å²) in [5, 5.41) is 0. The third-order valence-electron chi connectivity index (χ3n) is 6.85. The zero-order valence-corrected chi connectivity index (χ0v) is 22.3. The van der Waals surface area contributed by atoms with E-state index >= 15 is 4.39 Å². The molecule has 39 heavy (non-hydrogen) atoms. The summed E-state index contributed by atoms with van der Waals surface area (Å²) in [4.78, 5) is 0. The van der Waals surface area contributed by atoms with Crippen molar-refractivity contribution in [1.82, 2.24) is 0 Å². The average molecular weight is 543 g/mol. The first-order valence-corrected chi connectivity index (χ1v) is 13.5. The molecule has 0 spiro atoms. The van der Waals surface area contributed by atoms with Crippen LogP contribution in [0.15, 0.2) is 66.7 Å². The zero-order chi connectivity index (χ0) is 27.8. The molecule has 0 bridgehead atoms. The van der Waals surface area contributed by atoms with Crippen LogP contribution in [0.4, 0.5) is 17.6 Å². The molecule has 3 aromatic carbocycles. The van der Waals surface area contributed by atoms with Gasteiger partial charge < -0.3 is 14.2 Å². The van der Waals surface area contributed by atoms with Gasteiger partial charge in [-0.05, 0) is 67.1 Å². The number of hydrogen-bond donors (Lipinski definition) is 0. The first-order valence-electron chi connectivity index (χ1n) is 13.5. The molecular weight excluding hydrogens is 508 g/mol. The lowest BCUT2D eigenvalue weighted by Crippen LogP contribution is -2.23. The Bertz CT molecular complexity index is 1230. The number of benzene rings is 3. The smallest absolute Gasteiger partial charge is 0.419 e. The van der Waals surface area contributed by atoms with Crippen molar-refractivity contribution in [3.05, 3.63) is 89.2 Å². The van der Waals surface area contributed by atoms with E-state index in [1.54, 1.807) is 18.2 Å². The summed E-state index contributed by atoms with van der Waals surface area (Å²) >= 11 is 0. The highest BCUT2D eigenvalue weighted by Gasteiger charge is 2.38. The summed E-state index contributed by atoms with van der Waals surface area (Å²) in [6.07, 6.45) is 1.53. The Hall–Kier alpha value is -3.32. The molecule has 1 aliphatic rings. The molecule has 0 aliphatic carbocycles. The third kappa shape index (κ3) is 7.41. The Morgan fingerprint density at radius 1 is 0.897 bits per heavy atom. The molecule has 208 valence electrons. The van der Waals surface area contributed by atoms with Crippen molar-refractivity contribution < 1.29 is 31.8 Å². The van der Waals surface area contributed by atoms with Crippen molar-refractivity contribution in [2.75, 3.05) is 19.8 Å². The average Bonchev–Trinajstić information content (AvgIpc) is 2.93. The highest BCUT2D eigenvalue weighted by atomic mass is 19.4. The molecule has 1 fully saturated rings. The van der Waals surface area contributed by atoms with Gasteiger partial charge in [0.15, 0.2) is 0 Å². The molecule has 0 saturated carbocycles. The van der Waals surface area contributed by atoms with E-state index in [1.165, 1.54) is 30.3 Å². The zero-order valence-electron chi connectivity index (χ0n) is 22.3.